The number of rotatable bonds is 10. The van der Waals surface area contributed by atoms with Crippen molar-refractivity contribution >= 4 is 55.1 Å². The van der Waals surface area contributed by atoms with Crippen molar-refractivity contribution in [2.75, 3.05) is 18.0 Å². The smallest absolute Gasteiger partial charge is 0.264 e. The zero-order valence-corrected chi connectivity index (χ0v) is 26.2. The van der Waals surface area contributed by atoms with Crippen LogP contribution in [0.2, 0.25) is 5.02 Å². The molecule has 0 heterocycles. The maximum absolute atomic E-state index is 14.0. The van der Waals surface area contributed by atoms with E-state index >= 15 is 0 Å². The molecule has 3 rings (SSSR count). The second-order valence-corrected chi connectivity index (χ2v) is 13.4. The van der Waals surface area contributed by atoms with Crippen LogP contribution in [-0.2, 0) is 26.2 Å². The summed E-state index contributed by atoms with van der Waals surface area (Å²) in [6.07, 6.45) is 0. The molecule has 0 saturated heterocycles. The van der Waals surface area contributed by atoms with Gasteiger partial charge in [-0.2, -0.15) is 0 Å². The maximum atomic E-state index is 14.0. The molecule has 1 unspecified atom stereocenters. The van der Waals surface area contributed by atoms with Crippen molar-refractivity contribution in [1.29, 1.82) is 0 Å². The first-order valence-corrected chi connectivity index (χ1v) is 15.1. The lowest BCUT2D eigenvalue weighted by atomic mass is 10.1. The largest absolute Gasteiger partial charge is 0.497 e. The van der Waals surface area contributed by atoms with E-state index in [4.69, 9.17) is 16.3 Å². The Kier molecular flexibility index (Phi) is 10.3. The van der Waals surface area contributed by atoms with Crippen LogP contribution in [0, 0.1) is 0 Å². The Morgan fingerprint density at radius 2 is 1.68 bits per heavy atom. The molecule has 40 heavy (non-hydrogen) atoms. The fraction of sp³-hybridized carbons (Fsp3) is 0.310. The molecule has 0 aromatic heterocycles. The molecule has 8 nitrogen and oxygen atoms in total. The van der Waals surface area contributed by atoms with Gasteiger partial charge < -0.3 is 15.0 Å². The summed E-state index contributed by atoms with van der Waals surface area (Å²) in [6.45, 7) is 6.69. The Morgan fingerprint density at radius 1 is 1.02 bits per heavy atom. The number of nitrogens with zero attached hydrogens (tertiary/aromatic N) is 2. The monoisotopic (exact) mass is 649 g/mol. The Morgan fingerprint density at radius 3 is 2.25 bits per heavy atom. The lowest BCUT2D eigenvalue weighted by Gasteiger charge is -2.33. The number of nitrogens with one attached hydrogen (secondary N) is 1. The second-order valence-electron chi connectivity index (χ2n) is 10.2. The summed E-state index contributed by atoms with van der Waals surface area (Å²) >= 11 is 9.65. The Balaban J connectivity index is 2.04. The molecule has 11 heteroatoms. The first-order valence-electron chi connectivity index (χ1n) is 12.5. The van der Waals surface area contributed by atoms with Crippen LogP contribution in [0.1, 0.15) is 33.3 Å². The minimum Gasteiger partial charge on any atom is -0.497 e. The minimum atomic E-state index is -4.22. The minimum absolute atomic E-state index is 0.0295. The molecule has 0 aliphatic carbocycles. The average molecular weight is 651 g/mol. The predicted octanol–water partition coefficient (Wildman–Crippen LogP) is 5.64. The van der Waals surface area contributed by atoms with Crippen LogP contribution in [0.3, 0.4) is 0 Å². The summed E-state index contributed by atoms with van der Waals surface area (Å²) in [5.74, 6) is -0.431. The molecule has 0 spiro atoms. The van der Waals surface area contributed by atoms with Crippen molar-refractivity contribution in [1.82, 2.24) is 10.2 Å². The quantitative estimate of drug-likeness (QED) is 0.307. The maximum Gasteiger partial charge on any atom is 0.264 e. The summed E-state index contributed by atoms with van der Waals surface area (Å²) in [5, 5.41) is 3.22. The van der Waals surface area contributed by atoms with Crippen LogP contribution >= 0.6 is 27.5 Å². The molecule has 0 fully saturated rings. The van der Waals surface area contributed by atoms with Gasteiger partial charge >= 0.3 is 0 Å². The molecule has 3 aromatic rings. The zero-order valence-electron chi connectivity index (χ0n) is 23.0. The van der Waals surface area contributed by atoms with Crippen molar-refractivity contribution < 1.29 is 22.7 Å². The van der Waals surface area contributed by atoms with Gasteiger partial charge in [0.25, 0.3) is 10.0 Å². The van der Waals surface area contributed by atoms with E-state index in [0.29, 0.717) is 10.8 Å². The van der Waals surface area contributed by atoms with Crippen LogP contribution in [-0.4, -0.2) is 50.4 Å². The summed E-state index contributed by atoms with van der Waals surface area (Å²) in [6, 6.07) is 18.6. The number of amides is 2. The van der Waals surface area contributed by atoms with Crippen molar-refractivity contribution in [3.63, 3.8) is 0 Å². The first-order chi connectivity index (χ1) is 18.7. The van der Waals surface area contributed by atoms with Crippen LogP contribution in [0.15, 0.2) is 82.2 Å². The van der Waals surface area contributed by atoms with Gasteiger partial charge in [0.05, 0.1) is 17.7 Å². The van der Waals surface area contributed by atoms with E-state index in [-0.39, 0.29) is 23.0 Å². The number of benzene rings is 3. The van der Waals surface area contributed by atoms with Crippen molar-refractivity contribution in [2.24, 2.45) is 0 Å². The molecule has 3 aromatic carbocycles. The number of hydrogen-bond acceptors (Lipinski definition) is 5. The van der Waals surface area contributed by atoms with E-state index in [0.717, 1.165) is 14.3 Å². The number of methoxy groups -OCH3 is 1. The van der Waals surface area contributed by atoms with Gasteiger partial charge in [-0.1, -0.05) is 45.7 Å². The molecule has 0 radical (unpaired) electrons. The highest BCUT2D eigenvalue weighted by Gasteiger charge is 2.33. The Labute approximate surface area is 249 Å². The number of carbonyl (C=O) groups excluding carboxylic acids is 2. The number of hydrogen-bond donors (Lipinski definition) is 1. The molecule has 0 saturated carbocycles. The highest BCUT2D eigenvalue weighted by Crippen LogP contribution is 2.28. The topological polar surface area (TPSA) is 96.0 Å². The van der Waals surface area contributed by atoms with Crippen LogP contribution < -0.4 is 14.4 Å². The van der Waals surface area contributed by atoms with Gasteiger partial charge in [-0.3, -0.25) is 13.9 Å². The first kappa shape index (κ1) is 31.4. The molecule has 1 atom stereocenters. The fourth-order valence-corrected chi connectivity index (χ4v) is 5.96. The summed E-state index contributed by atoms with van der Waals surface area (Å²) in [4.78, 5) is 28.5. The van der Waals surface area contributed by atoms with Gasteiger partial charge in [0.1, 0.15) is 18.3 Å². The van der Waals surface area contributed by atoms with Crippen LogP contribution in [0.5, 0.6) is 5.75 Å². The SMILES string of the molecule is COc1ccc(S(=O)(=O)N(CC(=O)N(Cc2cccc(Br)c2)C(C)C(=O)NC(C)(C)C)c2cccc(Cl)c2)cc1. The molecule has 0 aliphatic heterocycles. The third-order valence-electron chi connectivity index (χ3n) is 5.93. The number of carbonyl (C=O) groups is 2. The number of sulfonamides is 1. The predicted molar refractivity (Wildman–Crippen MR) is 161 cm³/mol. The molecule has 0 aliphatic rings. The summed E-state index contributed by atoms with van der Waals surface area (Å²) < 4.78 is 34.7. The standard InChI is InChI=1S/C29H33BrClN3O5S/c1-20(28(36)32-29(2,3)4)33(18-21-8-6-9-22(30)16-21)27(35)19-34(24-11-7-10-23(31)17-24)40(37,38)26-14-12-25(39-5)13-15-26/h6-17,20H,18-19H2,1-5H3,(H,32,36). The van der Waals surface area contributed by atoms with E-state index in [9.17, 15) is 18.0 Å². The lowest BCUT2D eigenvalue weighted by molar-refractivity contribution is -0.140. The third kappa shape index (κ3) is 8.22. The zero-order chi connectivity index (χ0) is 29.7. The van der Waals surface area contributed by atoms with Crippen molar-refractivity contribution in [3.8, 4) is 5.75 Å². The van der Waals surface area contributed by atoms with Gasteiger partial charge in [0.2, 0.25) is 11.8 Å². The van der Waals surface area contributed by atoms with Gasteiger partial charge in [-0.25, -0.2) is 8.42 Å². The molecule has 2 amide bonds. The van der Waals surface area contributed by atoms with Crippen LogP contribution in [0.25, 0.3) is 0 Å². The normalized spacial score (nSPS) is 12.4. The lowest BCUT2D eigenvalue weighted by Crippen LogP contribution is -2.54. The van der Waals surface area contributed by atoms with E-state index in [1.807, 2.05) is 45.0 Å². The molecule has 214 valence electrons. The summed E-state index contributed by atoms with van der Waals surface area (Å²) in [5.41, 5.74) is 0.455. The number of halogens is 2. The van der Waals surface area contributed by atoms with E-state index in [1.54, 1.807) is 25.1 Å². The molecule has 1 N–H and O–H groups in total. The highest BCUT2D eigenvalue weighted by molar-refractivity contribution is 9.10. The van der Waals surface area contributed by atoms with Crippen molar-refractivity contribution in [3.05, 3.63) is 87.9 Å². The van der Waals surface area contributed by atoms with Crippen LogP contribution in [0.4, 0.5) is 5.69 Å². The van der Waals surface area contributed by atoms with Gasteiger partial charge in [-0.15, -0.1) is 0 Å². The summed E-state index contributed by atoms with van der Waals surface area (Å²) in [7, 11) is -2.73. The Hall–Kier alpha value is -3.08. The average Bonchev–Trinajstić information content (AvgIpc) is 2.88. The number of ether oxygens (including phenoxy) is 1. The van der Waals surface area contributed by atoms with E-state index in [2.05, 4.69) is 21.2 Å². The Bertz CT molecular complexity index is 1460. The highest BCUT2D eigenvalue weighted by atomic mass is 79.9. The fourth-order valence-electron chi connectivity index (χ4n) is 3.92. The van der Waals surface area contributed by atoms with E-state index in [1.165, 1.54) is 42.3 Å². The second kappa shape index (κ2) is 13.1. The van der Waals surface area contributed by atoms with Gasteiger partial charge in [-0.05, 0) is 87.9 Å². The third-order valence-corrected chi connectivity index (χ3v) is 8.45. The molecular formula is C29H33BrClN3O5S. The van der Waals surface area contributed by atoms with Crippen molar-refractivity contribution in [2.45, 2.75) is 50.7 Å². The van der Waals surface area contributed by atoms with E-state index < -0.39 is 34.1 Å². The van der Waals surface area contributed by atoms with Gasteiger partial charge in [0.15, 0.2) is 0 Å². The molecular weight excluding hydrogens is 618 g/mol. The van der Waals surface area contributed by atoms with Gasteiger partial charge in [0, 0.05) is 21.6 Å². The number of anilines is 1. The molecule has 0 bridgehead atoms.